The van der Waals surface area contributed by atoms with Gasteiger partial charge in [0.05, 0.1) is 15.3 Å². The molecule has 17 heavy (non-hydrogen) atoms. The molecular formula is C12H12ClNOS2. The molecule has 2 aromatic rings. The number of hydrogen-bond donors (Lipinski definition) is 1. The number of carbonyl (C=O) groups excluding carboxylic acids is 1. The number of halogens is 1. The van der Waals surface area contributed by atoms with E-state index in [9.17, 15) is 4.79 Å². The molecule has 0 aliphatic heterocycles. The first-order valence-electron chi connectivity index (χ1n) is 5.18. The second kappa shape index (κ2) is 5.21. The standard InChI is InChI=1S/C12H12ClNOS2/c1-7-5-6-16-11(7)12(15)14-8(2)9-3-4-10(13)17-9/h3-6,8H,1-2H3,(H,14,15)/t8-/m0/s1. The average Bonchev–Trinajstić information content (AvgIpc) is 2.86. The normalized spacial score (nSPS) is 12.4. The van der Waals surface area contributed by atoms with Crippen LogP contribution in [0.2, 0.25) is 4.34 Å². The first-order chi connectivity index (χ1) is 8.08. The quantitative estimate of drug-likeness (QED) is 0.897. The third-order valence-electron chi connectivity index (χ3n) is 2.44. The Morgan fingerprint density at radius 1 is 1.41 bits per heavy atom. The molecule has 0 fully saturated rings. The maximum atomic E-state index is 12.0. The maximum Gasteiger partial charge on any atom is 0.262 e. The molecule has 0 unspecified atom stereocenters. The summed E-state index contributed by atoms with van der Waals surface area (Å²) in [7, 11) is 0. The van der Waals surface area contributed by atoms with Gasteiger partial charge < -0.3 is 5.32 Å². The van der Waals surface area contributed by atoms with Gasteiger partial charge in [-0.25, -0.2) is 0 Å². The van der Waals surface area contributed by atoms with Crippen molar-refractivity contribution in [2.75, 3.05) is 0 Å². The average molecular weight is 286 g/mol. The van der Waals surface area contributed by atoms with Crippen molar-refractivity contribution in [3.05, 3.63) is 43.2 Å². The second-order valence-corrected chi connectivity index (χ2v) is 6.43. The van der Waals surface area contributed by atoms with Crippen molar-refractivity contribution in [3.63, 3.8) is 0 Å². The Morgan fingerprint density at radius 3 is 2.71 bits per heavy atom. The van der Waals surface area contributed by atoms with Gasteiger partial charge in [0.1, 0.15) is 0 Å². The highest BCUT2D eigenvalue weighted by atomic mass is 35.5. The van der Waals surface area contributed by atoms with Gasteiger partial charge in [-0.2, -0.15) is 0 Å². The van der Waals surface area contributed by atoms with Gasteiger partial charge in [0, 0.05) is 4.88 Å². The fourth-order valence-corrected chi connectivity index (χ4v) is 3.39. The molecule has 0 aromatic carbocycles. The lowest BCUT2D eigenvalue weighted by molar-refractivity contribution is 0.0944. The smallest absolute Gasteiger partial charge is 0.262 e. The lowest BCUT2D eigenvalue weighted by Crippen LogP contribution is -2.25. The molecule has 2 rings (SSSR count). The fourth-order valence-electron chi connectivity index (χ4n) is 1.50. The van der Waals surface area contributed by atoms with Gasteiger partial charge in [-0.1, -0.05) is 11.6 Å². The van der Waals surface area contributed by atoms with Crippen molar-refractivity contribution in [3.8, 4) is 0 Å². The molecule has 1 atom stereocenters. The van der Waals surface area contributed by atoms with Crippen LogP contribution in [0.25, 0.3) is 0 Å². The van der Waals surface area contributed by atoms with Crippen LogP contribution in [0.1, 0.15) is 33.1 Å². The number of hydrogen-bond acceptors (Lipinski definition) is 3. The van der Waals surface area contributed by atoms with Gasteiger partial charge in [0.2, 0.25) is 0 Å². The molecule has 0 saturated heterocycles. The van der Waals surface area contributed by atoms with Crippen LogP contribution in [0.5, 0.6) is 0 Å². The van der Waals surface area contributed by atoms with Crippen LogP contribution in [0.15, 0.2) is 23.6 Å². The minimum atomic E-state index is -0.0190. The van der Waals surface area contributed by atoms with Gasteiger partial charge in [-0.3, -0.25) is 4.79 Å². The van der Waals surface area contributed by atoms with Gasteiger partial charge in [-0.15, -0.1) is 22.7 Å². The number of carbonyl (C=O) groups is 1. The molecule has 0 aliphatic carbocycles. The van der Waals surface area contributed by atoms with E-state index in [4.69, 9.17) is 11.6 Å². The van der Waals surface area contributed by atoms with Gasteiger partial charge in [-0.05, 0) is 43.0 Å². The van der Waals surface area contributed by atoms with Crippen LogP contribution in [-0.4, -0.2) is 5.91 Å². The summed E-state index contributed by atoms with van der Waals surface area (Å²) in [4.78, 5) is 13.8. The molecule has 0 aliphatic rings. The first kappa shape index (κ1) is 12.6. The number of rotatable bonds is 3. The third-order valence-corrected chi connectivity index (χ3v) is 4.87. The Labute approximate surface area is 113 Å². The number of amides is 1. The van der Waals surface area contributed by atoms with Gasteiger partial charge in [0.15, 0.2) is 0 Å². The summed E-state index contributed by atoms with van der Waals surface area (Å²) < 4.78 is 0.744. The molecule has 2 nitrogen and oxygen atoms in total. The van der Waals surface area contributed by atoms with E-state index in [2.05, 4.69) is 5.32 Å². The topological polar surface area (TPSA) is 29.1 Å². The van der Waals surface area contributed by atoms with E-state index in [1.165, 1.54) is 22.7 Å². The SMILES string of the molecule is Cc1ccsc1C(=O)N[C@@H](C)c1ccc(Cl)s1. The van der Waals surface area contributed by atoms with Crippen molar-refractivity contribution < 1.29 is 4.79 Å². The maximum absolute atomic E-state index is 12.0. The zero-order chi connectivity index (χ0) is 12.4. The molecule has 5 heteroatoms. The Kier molecular flexibility index (Phi) is 3.86. The lowest BCUT2D eigenvalue weighted by atomic mass is 10.2. The van der Waals surface area contributed by atoms with Crippen LogP contribution in [0.4, 0.5) is 0 Å². The molecule has 1 amide bonds. The predicted octanol–water partition coefficient (Wildman–Crippen LogP) is 4.26. The molecule has 90 valence electrons. The monoisotopic (exact) mass is 285 g/mol. The van der Waals surface area contributed by atoms with Crippen molar-refractivity contribution in [1.82, 2.24) is 5.32 Å². The number of thiophene rings is 2. The largest absolute Gasteiger partial charge is 0.344 e. The summed E-state index contributed by atoms with van der Waals surface area (Å²) in [5.41, 5.74) is 1.02. The Bertz CT molecular complexity index is 532. The highest BCUT2D eigenvalue weighted by Gasteiger charge is 2.15. The first-order valence-corrected chi connectivity index (χ1v) is 7.25. The summed E-state index contributed by atoms with van der Waals surface area (Å²) in [6, 6.07) is 5.73. The highest BCUT2D eigenvalue weighted by molar-refractivity contribution is 7.16. The predicted molar refractivity (Wildman–Crippen MR) is 74.3 cm³/mol. The molecule has 2 aromatic heterocycles. The summed E-state index contributed by atoms with van der Waals surface area (Å²) >= 11 is 8.83. The molecule has 1 N–H and O–H groups in total. The highest BCUT2D eigenvalue weighted by Crippen LogP contribution is 2.27. The van der Waals surface area contributed by atoms with Crippen molar-refractivity contribution in [1.29, 1.82) is 0 Å². The summed E-state index contributed by atoms with van der Waals surface area (Å²) in [5, 5.41) is 4.90. The Morgan fingerprint density at radius 2 is 2.18 bits per heavy atom. The fraction of sp³-hybridized carbons (Fsp3) is 0.250. The van der Waals surface area contributed by atoms with Crippen molar-refractivity contribution in [2.24, 2.45) is 0 Å². The number of aryl methyl sites for hydroxylation is 1. The molecule has 0 saturated carbocycles. The molecule has 0 spiro atoms. The van der Waals surface area contributed by atoms with E-state index >= 15 is 0 Å². The van der Waals surface area contributed by atoms with Gasteiger partial charge >= 0.3 is 0 Å². The molecule has 2 heterocycles. The zero-order valence-electron chi connectivity index (χ0n) is 9.49. The van der Waals surface area contributed by atoms with E-state index in [0.29, 0.717) is 0 Å². The van der Waals surface area contributed by atoms with Crippen molar-refractivity contribution >= 4 is 40.2 Å². The Balaban J connectivity index is 2.07. The van der Waals surface area contributed by atoms with Crippen LogP contribution < -0.4 is 5.32 Å². The summed E-state index contributed by atoms with van der Waals surface area (Å²) in [5.74, 6) is -0.0190. The van der Waals surface area contributed by atoms with E-state index in [-0.39, 0.29) is 11.9 Å². The summed E-state index contributed by atoms with van der Waals surface area (Å²) in [6.45, 7) is 3.90. The molecule has 0 bridgehead atoms. The van der Waals surface area contributed by atoms with Crippen molar-refractivity contribution in [2.45, 2.75) is 19.9 Å². The van der Waals surface area contributed by atoms with E-state index < -0.39 is 0 Å². The minimum Gasteiger partial charge on any atom is -0.344 e. The second-order valence-electron chi connectivity index (χ2n) is 3.77. The lowest BCUT2D eigenvalue weighted by Gasteiger charge is -2.11. The van der Waals surface area contributed by atoms with Crippen LogP contribution in [0.3, 0.4) is 0 Å². The third kappa shape index (κ3) is 2.89. The molecule has 0 radical (unpaired) electrons. The van der Waals surface area contributed by atoms with E-state index in [1.54, 1.807) is 0 Å². The Hall–Kier alpha value is -0.840. The van der Waals surface area contributed by atoms with Gasteiger partial charge in [0.25, 0.3) is 5.91 Å². The number of nitrogens with one attached hydrogen (secondary N) is 1. The van der Waals surface area contributed by atoms with Crippen LogP contribution >= 0.6 is 34.3 Å². The van der Waals surface area contributed by atoms with E-state index in [1.807, 2.05) is 37.4 Å². The molecular weight excluding hydrogens is 274 g/mol. The minimum absolute atomic E-state index is 0.0125. The van der Waals surface area contributed by atoms with E-state index in [0.717, 1.165) is 19.7 Å². The van der Waals surface area contributed by atoms with Crippen LogP contribution in [-0.2, 0) is 0 Å². The summed E-state index contributed by atoms with van der Waals surface area (Å²) in [6.07, 6.45) is 0. The zero-order valence-corrected chi connectivity index (χ0v) is 11.9. The van der Waals surface area contributed by atoms with Crippen LogP contribution in [0, 0.1) is 6.92 Å².